The van der Waals surface area contributed by atoms with Crippen molar-refractivity contribution in [2.24, 2.45) is 0 Å². The molecular formula is C23H20N2O5S. The van der Waals surface area contributed by atoms with Gasteiger partial charge < -0.3 is 9.84 Å². The van der Waals surface area contributed by atoms with Gasteiger partial charge in [-0.05, 0) is 60.4 Å². The van der Waals surface area contributed by atoms with Gasteiger partial charge in [-0.3, -0.25) is 4.72 Å². The zero-order valence-corrected chi connectivity index (χ0v) is 17.7. The number of carboxylic acid groups (broad SMARTS) is 1. The molecule has 0 fully saturated rings. The van der Waals surface area contributed by atoms with Crippen LogP contribution in [0.1, 0.15) is 32.6 Å². The van der Waals surface area contributed by atoms with Gasteiger partial charge in [-0.15, -0.1) is 0 Å². The highest BCUT2D eigenvalue weighted by Gasteiger charge is 2.25. The van der Waals surface area contributed by atoms with Crippen molar-refractivity contribution in [3.05, 3.63) is 88.5 Å². The smallest absolute Gasteiger partial charge is 0.337 e. The molecule has 0 heterocycles. The van der Waals surface area contributed by atoms with Crippen LogP contribution in [0.5, 0.6) is 5.75 Å². The first kappa shape index (κ1) is 21.9. The number of ether oxygens (including phenoxy) is 1. The number of methoxy groups -OCH3 is 1. The molecule has 3 rings (SSSR count). The van der Waals surface area contributed by atoms with Gasteiger partial charge in [0.1, 0.15) is 11.8 Å². The van der Waals surface area contributed by atoms with Crippen LogP contribution < -0.4 is 9.46 Å². The van der Waals surface area contributed by atoms with Gasteiger partial charge in [-0.2, -0.15) is 5.26 Å². The summed E-state index contributed by atoms with van der Waals surface area (Å²) in [6.45, 7) is 1.70. The third kappa shape index (κ3) is 4.68. The molecule has 7 nitrogen and oxygen atoms in total. The largest absolute Gasteiger partial charge is 0.497 e. The topological polar surface area (TPSA) is 116 Å². The monoisotopic (exact) mass is 436 g/mol. The second-order valence-electron chi connectivity index (χ2n) is 6.83. The molecule has 0 unspecified atom stereocenters. The van der Waals surface area contributed by atoms with E-state index in [4.69, 9.17) is 4.74 Å². The van der Waals surface area contributed by atoms with Gasteiger partial charge in [0.2, 0.25) is 0 Å². The Hall–Kier alpha value is -3.83. The average Bonchev–Trinajstić information content (AvgIpc) is 2.76. The van der Waals surface area contributed by atoms with Crippen molar-refractivity contribution in [1.29, 1.82) is 5.26 Å². The minimum Gasteiger partial charge on any atom is -0.497 e. The molecule has 0 aliphatic heterocycles. The fourth-order valence-electron chi connectivity index (χ4n) is 3.23. The fourth-order valence-corrected chi connectivity index (χ4v) is 4.33. The number of aryl methyl sites for hydroxylation is 1. The van der Waals surface area contributed by atoms with Crippen LogP contribution in [0.25, 0.3) is 0 Å². The molecule has 0 aliphatic rings. The minimum absolute atomic E-state index is 0.0154. The maximum absolute atomic E-state index is 12.9. The second kappa shape index (κ2) is 8.90. The first-order valence-electron chi connectivity index (χ1n) is 9.27. The number of sulfonamides is 1. The average molecular weight is 436 g/mol. The van der Waals surface area contributed by atoms with Gasteiger partial charge in [0.15, 0.2) is 0 Å². The molecule has 2 N–H and O–H groups in total. The van der Waals surface area contributed by atoms with Crippen molar-refractivity contribution >= 4 is 21.7 Å². The van der Waals surface area contributed by atoms with E-state index >= 15 is 0 Å². The van der Waals surface area contributed by atoms with Crippen molar-refractivity contribution in [1.82, 2.24) is 0 Å². The predicted octanol–water partition coefficient (Wildman–Crippen LogP) is 3.97. The molecule has 0 aromatic heterocycles. The fraction of sp³-hybridized carbons (Fsp3) is 0.130. The van der Waals surface area contributed by atoms with Crippen LogP contribution in [-0.2, 0) is 16.4 Å². The third-order valence-electron chi connectivity index (χ3n) is 4.83. The molecule has 158 valence electrons. The maximum Gasteiger partial charge on any atom is 0.337 e. The third-order valence-corrected chi connectivity index (χ3v) is 6.20. The maximum atomic E-state index is 12.9. The lowest BCUT2D eigenvalue weighted by molar-refractivity contribution is 0.0698. The van der Waals surface area contributed by atoms with E-state index in [1.165, 1.54) is 37.4 Å². The summed E-state index contributed by atoms with van der Waals surface area (Å²) in [6.07, 6.45) is 0.354. The van der Waals surface area contributed by atoms with E-state index in [0.29, 0.717) is 23.3 Å². The highest BCUT2D eigenvalue weighted by Crippen LogP contribution is 2.31. The Balaban J connectivity index is 2.14. The highest BCUT2D eigenvalue weighted by molar-refractivity contribution is 7.92. The minimum atomic E-state index is -4.15. The van der Waals surface area contributed by atoms with E-state index in [2.05, 4.69) is 4.72 Å². The number of nitrogens with zero attached hydrogens (tertiary/aromatic N) is 1. The molecular weight excluding hydrogens is 416 g/mol. The zero-order chi connectivity index (χ0) is 22.6. The highest BCUT2D eigenvalue weighted by atomic mass is 32.2. The van der Waals surface area contributed by atoms with Gasteiger partial charge >= 0.3 is 5.97 Å². The lowest BCUT2D eigenvalue weighted by Gasteiger charge is -2.17. The molecule has 0 atom stereocenters. The van der Waals surface area contributed by atoms with Gasteiger partial charge in [0.05, 0.1) is 28.8 Å². The number of benzene rings is 3. The standard InChI is InChI=1S/C23H20N2O5S/c1-15-12-20(23(26)27)22(21(14-24)19(15)13-16-6-4-3-5-7-16)25-31(28,29)18-10-8-17(30-2)9-11-18/h3-12,25H,13H2,1-2H3,(H,26,27). The first-order chi connectivity index (χ1) is 14.8. The zero-order valence-electron chi connectivity index (χ0n) is 16.9. The number of aromatic carboxylic acids is 1. The SMILES string of the molecule is COc1ccc(S(=O)(=O)Nc2c(C(=O)O)cc(C)c(Cc3ccccc3)c2C#N)cc1. The summed E-state index contributed by atoms with van der Waals surface area (Å²) in [5.74, 6) is -0.860. The number of rotatable bonds is 7. The normalized spacial score (nSPS) is 10.9. The summed E-state index contributed by atoms with van der Waals surface area (Å²) >= 11 is 0. The second-order valence-corrected chi connectivity index (χ2v) is 8.51. The summed E-state index contributed by atoms with van der Waals surface area (Å²) in [4.78, 5) is 11.8. The molecule has 0 saturated carbocycles. The Morgan fingerprint density at radius 3 is 2.32 bits per heavy atom. The van der Waals surface area contributed by atoms with E-state index in [-0.39, 0.29) is 21.7 Å². The van der Waals surface area contributed by atoms with Crippen molar-refractivity contribution in [2.75, 3.05) is 11.8 Å². The molecule has 3 aromatic carbocycles. The van der Waals surface area contributed by atoms with Crippen molar-refractivity contribution in [2.45, 2.75) is 18.2 Å². The van der Waals surface area contributed by atoms with Crippen LogP contribution in [0.2, 0.25) is 0 Å². The van der Waals surface area contributed by atoms with Crippen molar-refractivity contribution in [3.63, 3.8) is 0 Å². The molecule has 0 aliphatic carbocycles. The molecule has 0 spiro atoms. The summed E-state index contributed by atoms with van der Waals surface area (Å²) in [5.41, 5.74) is 1.51. The lowest BCUT2D eigenvalue weighted by atomic mass is 9.92. The number of nitrogens with one attached hydrogen (secondary N) is 1. The molecule has 0 radical (unpaired) electrons. The molecule has 3 aromatic rings. The Kier molecular flexibility index (Phi) is 6.28. The van der Waals surface area contributed by atoms with E-state index in [0.717, 1.165) is 5.56 Å². The number of nitriles is 1. The molecule has 8 heteroatoms. The Bertz CT molecular complexity index is 1260. The molecule has 0 saturated heterocycles. The Morgan fingerprint density at radius 2 is 1.77 bits per heavy atom. The Morgan fingerprint density at radius 1 is 1.13 bits per heavy atom. The van der Waals surface area contributed by atoms with Crippen LogP contribution in [0.4, 0.5) is 5.69 Å². The van der Waals surface area contributed by atoms with Crippen LogP contribution in [0, 0.1) is 18.3 Å². The van der Waals surface area contributed by atoms with Crippen molar-refractivity contribution < 1.29 is 23.1 Å². The van der Waals surface area contributed by atoms with E-state index in [9.17, 15) is 23.6 Å². The van der Waals surface area contributed by atoms with Gasteiger partial charge in [-0.25, -0.2) is 13.2 Å². The van der Waals surface area contributed by atoms with Crippen LogP contribution in [-0.4, -0.2) is 26.6 Å². The van der Waals surface area contributed by atoms with Crippen LogP contribution in [0.15, 0.2) is 65.6 Å². The van der Waals surface area contributed by atoms with E-state index < -0.39 is 16.0 Å². The predicted molar refractivity (Wildman–Crippen MR) is 116 cm³/mol. The number of hydrogen-bond acceptors (Lipinski definition) is 5. The summed E-state index contributed by atoms with van der Waals surface area (Å²) in [7, 11) is -2.69. The van der Waals surface area contributed by atoms with Crippen LogP contribution >= 0.6 is 0 Å². The Labute approximate surface area is 180 Å². The van der Waals surface area contributed by atoms with Crippen LogP contribution in [0.3, 0.4) is 0 Å². The van der Waals surface area contributed by atoms with Gasteiger partial charge in [0, 0.05) is 0 Å². The summed E-state index contributed by atoms with van der Waals surface area (Å²) < 4.78 is 33.2. The number of carboxylic acids is 1. The number of carbonyl (C=O) groups is 1. The molecule has 0 bridgehead atoms. The summed E-state index contributed by atoms with van der Waals surface area (Å²) in [5, 5.41) is 19.5. The molecule has 0 amide bonds. The van der Waals surface area contributed by atoms with E-state index in [1.54, 1.807) is 6.92 Å². The lowest BCUT2D eigenvalue weighted by Crippen LogP contribution is -2.18. The van der Waals surface area contributed by atoms with Gasteiger partial charge in [-0.1, -0.05) is 30.3 Å². The quantitative estimate of drug-likeness (QED) is 0.579. The number of anilines is 1. The van der Waals surface area contributed by atoms with Crippen molar-refractivity contribution in [3.8, 4) is 11.8 Å². The number of hydrogen-bond donors (Lipinski definition) is 2. The molecule has 31 heavy (non-hydrogen) atoms. The van der Waals surface area contributed by atoms with E-state index in [1.807, 2.05) is 36.4 Å². The van der Waals surface area contributed by atoms with Gasteiger partial charge in [0.25, 0.3) is 10.0 Å². The summed E-state index contributed by atoms with van der Waals surface area (Å²) in [6, 6.07) is 18.4. The first-order valence-corrected chi connectivity index (χ1v) is 10.8.